The second-order valence-corrected chi connectivity index (χ2v) is 8.02. The van der Waals surface area contributed by atoms with Crippen LogP contribution in [0.15, 0.2) is 18.2 Å². The molecule has 1 aromatic rings. The Morgan fingerprint density at radius 3 is 2.63 bits per heavy atom. The fraction of sp³-hybridized carbons (Fsp3) is 0.550. The van der Waals surface area contributed by atoms with Gasteiger partial charge in [0.15, 0.2) is 0 Å². The fourth-order valence-corrected chi connectivity index (χ4v) is 4.28. The minimum absolute atomic E-state index is 0.0314. The molecule has 3 rings (SSSR count). The number of fused-ring (bicyclic) bond motifs is 1. The molecule has 7 heteroatoms. The van der Waals surface area contributed by atoms with Crippen LogP contribution in [-0.2, 0) is 4.79 Å². The summed E-state index contributed by atoms with van der Waals surface area (Å²) in [4.78, 5) is 38.1. The quantitative estimate of drug-likeness (QED) is 0.756. The van der Waals surface area contributed by atoms with E-state index in [-0.39, 0.29) is 30.4 Å². The van der Waals surface area contributed by atoms with Gasteiger partial charge in [-0.05, 0) is 63.3 Å². The number of aliphatic carboxylic acids is 1. The van der Waals surface area contributed by atoms with Gasteiger partial charge < -0.3 is 20.6 Å². The number of nitrogens with one attached hydrogen (secondary N) is 2. The van der Waals surface area contributed by atoms with Crippen molar-refractivity contribution in [3.63, 3.8) is 0 Å². The van der Waals surface area contributed by atoms with Crippen LogP contribution in [0.2, 0.25) is 0 Å². The van der Waals surface area contributed by atoms with E-state index < -0.39 is 11.4 Å². The van der Waals surface area contributed by atoms with E-state index in [0.29, 0.717) is 24.2 Å². The molecular weight excluding hydrogens is 346 g/mol. The highest BCUT2D eigenvalue weighted by Crippen LogP contribution is 2.48. The standard InChI is InChI=1S/C20H27N3O4/c1-12(2)21-17(24)14-6-7-16(13(3)9-14)22-19(27)23-10-15-5-4-8-20(15,11-23)18(25)26/h6-7,9,12,15H,4-5,8,10-11H2,1-3H3,(H,21,24)(H,22,27)(H,25,26)/t15-,20+/m0/s1. The Kier molecular flexibility index (Phi) is 5.13. The maximum absolute atomic E-state index is 12.7. The van der Waals surface area contributed by atoms with Crippen molar-refractivity contribution >= 4 is 23.6 Å². The van der Waals surface area contributed by atoms with E-state index in [1.54, 1.807) is 23.1 Å². The smallest absolute Gasteiger partial charge is 0.321 e. The first-order valence-electron chi connectivity index (χ1n) is 9.44. The topological polar surface area (TPSA) is 98.7 Å². The molecule has 27 heavy (non-hydrogen) atoms. The first-order chi connectivity index (χ1) is 12.7. The molecule has 2 aliphatic rings. The largest absolute Gasteiger partial charge is 0.481 e. The second-order valence-electron chi connectivity index (χ2n) is 8.02. The van der Waals surface area contributed by atoms with E-state index >= 15 is 0 Å². The third-order valence-corrected chi connectivity index (χ3v) is 5.73. The van der Waals surface area contributed by atoms with Gasteiger partial charge in [-0.2, -0.15) is 0 Å². The Morgan fingerprint density at radius 1 is 1.30 bits per heavy atom. The maximum Gasteiger partial charge on any atom is 0.321 e. The zero-order chi connectivity index (χ0) is 19.8. The van der Waals surface area contributed by atoms with Crippen molar-refractivity contribution in [2.24, 2.45) is 11.3 Å². The normalized spacial score (nSPS) is 24.0. The van der Waals surface area contributed by atoms with Crippen LogP contribution in [0.1, 0.15) is 49.0 Å². The molecule has 0 spiro atoms. The van der Waals surface area contributed by atoms with E-state index in [1.807, 2.05) is 20.8 Å². The minimum atomic E-state index is -0.794. The number of carbonyl (C=O) groups excluding carboxylic acids is 2. The highest BCUT2D eigenvalue weighted by Gasteiger charge is 2.55. The molecule has 1 heterocycles. The summed E-state index contributed by atoms with van der Waals surface area (Å²) in [7, 11) is 0. The van der Waals surface area contributed by atoms with Crippen LogP contribution in [0.4, 0.5) is 10.5 Å². The summed E-state index contributed by atoms with van der Waals surface area (Å²) in [6, 6.07) is 4.90. The molecule has 146 valence electrons. The Morgan fingerprint density at radius 2 is 2.04 bits per heavy atom. The average Bonchev–Trinajstić information content (AvgIpc) is 3.14. The second kappa shape index (κ2) is 7.21. The van der Waals surface area contributed by atoms with E-state index in [2.05, 4.69) is 10.6 Å². The number of hydrogen-bond donors (Lipinski definition) is 3. The number of benzene rings is 1. The summed E-state index contributed by atoms with van der Waals surface area (Å²) in [6.45, 7) is 6.36. The zero-order valence-corrected chi connectivity index (χ0v) is 16.0. The van der Waals surface area contributed by atoms with Crippen LogP contribution in [0.3, 0.4) is 0 Å². The molecule has 1 aliphatic carbocycles. The number of rotatable bonds is 4. The van der Waals surface area contributed by atoms with Crippen LogP contribution in [0.25, 0.3) is 0 Å². The molecule has 0 aromatic heterocycles. The first kappa shape index (κ1) is 19.2. The zero-order valence-electron chi connectivity index (χ0n) is 16.0. The molecule has 2 atom stereocenters. The van der Waals surface area contributed by atoms with E-state index in [4.69, 9.17) is 0 Å². The number of aryl methyl sites for hydroxylation is 1. The van der Waals surface area contributed by atoms with Gasteiger partial charge in [-0.15, -0.1) is 0 Å². The third-order valence-electron chi connectivity index (χ3n) is 5.73. The lowest BCUT2D eigenvalue weighted by atomic mass is 9.81. The molecule has 1 saturated heterocycles. The minimum Gasteiger partial charge on any atom is -0.481 e. The van der Waals surface area contributed by atoms with Gasteiger partial charge in [0, 0.05) is 30.4 Å². The highest BCUT2D eigenvalue weighted by molar-refractivity contribution is 5.96. The number of urea groups is 1. The maximum atomic E-state index is 12.7. The molecule has 0 bridgehead atoms. The molecule has 1 aliphatic heterocycles. The first-order valence-corrected chi connectivity index (χ1v) is 9.44. The Hall–Kier alpha value is -2.57. The molecule has 2 fully saturated rings. The molecule has 3 amide bonds. The molecule has 0 unspecified atom stereocenters. The molecule has 1 aromatic carbocycles. The lowest BCUT2D eigenvalue weighted by molar-refractivity contribution is -0.149. The number of likely N-dealkylation sites (tertiary alicyclic amines) is 1. The summed E-state index contributed by atoms with van der Waals surface area (Å²) in [6.07, 6.45) is 2.40. The van der Waals surface area contributed by atoms with Gasteiger partial charge in [0.25, 0.3) is 5.91 Å². The summed E-state index contributed by atoms with van der Waals surface area (Å²) < 4.78 is 0. The van der Waals surface area contributed by atoms with Gasteiger partial charge in [-0.3, -0.25) is 9.59 Å². The van der Waals surface area contributed by atoms with Crippen LogP contribution < -0.4 is 10.6 Å². The summed E-state index contributed by atoms with van der Waals surface area (Å²) in [5, 5.41) is 15.4. The van der Waals surface area contributed by atoms with Crippen molar-refractivity contribution in [1.29, 1.82) is 0 Å². The number of carboxylic acid groups (broad SMARTS) is 1. The van der Waals surface area contributed by atoms with Gasteiger partial charge >= 0.3 is 12.0 Å². The van der Waals surface area contributed by atoms with Crippen LogP contribution in [0, 0.1) is 18.3 Å². The number of hydrogen-bond acceptors (Lipinski definition) is 3. The monoisotopic (exact) mass is 373 g/mol. The Balaban J connectivity index is 1.68. The van der Waals surface area contributed by atoms with Gasteiger partial charge in [-0.1, -0.05) is 6.42 Å². The highest BCUT2D eigenvalue weighted by atomic mass is 16.4. The van der Waals surface area contributed by atoms with Crippen molar-refractivity contribution in [2.45, 2.75) is 46.1 Å². The summed E-state index contributed by atoms with van der Waals surface area (Å²) in [5.74, 6) is -0.914. The lowest BCUT2D eigenvalue weighted by Crippen LogP contribution is -2.38. The predicted octanol–water partition coefficient (Wildman–Crippen LogP) is 2.85. The van der Waals surface area contributed by atoms with Crippen molar-refractivity contribution in [3.8, 4) is 0 Å². The summed E-state index contributed by atoms with van der Waals surface area (Å²) >= 11 is 0. The van der Waals surface area contributed by atoms with Gasteiger partial charge in [0.2, 0.25) is 0 Å². The Labute approximate surface area is 159 Å². The SMILES string of the molecule is Cc1cc(C(=O)NC(C)C)ccc1NC(=O)N1C[C@@H]2CCC[C@@]2(C(=O)O)C1. The lowest BCUT2D eigenvalue weighted by Gasteiger charge is -2.23. The predicted molar refractivity (Wildman–Crippen MR) is 102 cm³/mol. The van der Waals surface area contributed by atoms with Crippen LogP contribution >= 0.6 is 0 Å². The summed E-state index contributed by atoms with van der Waals surface area (Å²) in [5.41, 5.74) is 1.17. The molecule has 3 N–H and O–H groups in total. The van der Waals surface area contributed by atoms with E-state index in [0.717, 1.165) is 18.4 Å². The molecule has 1 saturated carbocycles. The van der Waals surface area contributed by atoms with E-state index in [1.165, 1.54) is 0 Å². The number of amides is 3. The van der Waals surface area contributed by atoms with Crippen molar-refractivity contribution in [2.75, 3.05) is 18.4 Å². The number of nitrogens with zero attached hydrogens (tertiary/aromatic N) is 1. The number of carboxylic acids is 1. The third kappa shape index (κ3) is 3.63. The molecular formula is C20H27N3O4. The number of carbonyl (C=O) groups is 3. The van der Waals surface area contributed by atoms with Crippen molar-refractivity contribution < 1.29 is 19.5 Å². The number of anilines is 1. The Bertz CT molecular complexity index is 776. The van der Waals surface area contributed by atoms with Crippen molar-refractivity contribution in [1.82, 2.24) is 10.2 Å². The van der Waals surface area contributed by atoms with Gasteiger partial charge in [0.05, 0.1) is 5.41 Å². The van der Waals surface area contributed by atoms with E-state index in [9.17, 15) is 19.5 Å². The van der Waals surface area contributed by atoms with Gasteiger partial charge in [0.1, 0.15) is 0 Å². The van der Waals surface area contributed by atoms with Crippen LogP contribution in [0.5, 0.6) is 0 Å². The van der Waals surface area contributed by atoms with Gasteiger partial charge in [-0.25, -0.2) is 4.79 Å². The molecule has 0 radical (unpaired) electrons. The molecule has 7 nitrogen and oxygen atoms in total. The van der Waals surface area contributed by atoms with Crippen LogP contribution in [-0.4, -0.2) is 47.0 Å². The van der Waals surface area contributed by atoms with Crippen molar-refractivity contribution in [3.05, 3.63) is 29.3 Å². The average molecular weight is 373 g/mol. The fourth-order valence-electron chi connectivity index (χ4n) is 4.28.